The fourth-order valence-electron chi connectivity index (χ4n) is 1.66. The van der Waals surface area contributed by atoms with E-state index in [2.05, 4.69) is 5.32 Å². The van der Waals surface area contributed by atoms with Crippen LogP contribution < -0.4 is 5.32 Å². The summed E-state index contributed by atoms with van der Waals surface area (Å²) < 4.78 is 26.3. The quantitative estimate of drug-likeness (QED) is 0.840. The molecular formula is C13H13F2NS. The Hall–Kier alpha value is -1.42. The minimum absolute atomic E-state index is 0.0648. The number of hydrogen-bond acceptors (Lipinski definition) is 2. The van der Waals surface area contributed by atoms with Crippen molar-refractivity contribution in [2.75, 3.05) is 5.32 Å². The van der Waals surface area contributed by atoms with Gasteiger partial charge in [0.25, 0.3) is 0 Å². The highest BCUT2D eigenvalue weighted by atomic mass is 32.1. The number of halogens is 2. The molecule has 0 saturated heterocycles. The summed E-state index contributed by atoms with van der Waals surface area (Å²) in [7, 11) is 0. The topological polar surface area (TPSA) is 12.0 Å². The molecule has 1 aromatic carbocycles. The molecule has 2 rings (SSSR count). The molecule has 0 fully saturated rings. The van der Waals surface area contributed by atoms with Gasteiger partial charge in [-0.25, -0.2) is 8.78 Å². The van der Waals surface area contributed by atoms with E-state index >= 15 is 0 Å². The standard InChI is InChI=1S/C13H13F2NS/c1-2-11(13-4-3-7-17-13)16-12-6-5-9(14)8-10(12)15/h3-8,11,16H,2H2,1H3. The molecule has 0 aliphatic heterocycles. The summed E-state index contributed by atoms with van der Waals surface area (Å²) in [5, 5.41) is 5.08. The number of anilines is 1. The average Bonchev–Trinajstić information content (AvgIpc) is 2.81. The zero-order chi connectivity index (χ0) is 12.3. The van der Waals surface area contributed by atoms with Gasteiger partial charge in [0.1, 0.15) is 11.6 Å². The van der Waals surface area contributed by atoms with Crippen LogP contribution in [-0.2, 0) is 0 Å². The molecule has 4 heteroatoms. The summed E-state index contributed by atoms with van der Waals surface area (Å²) in [5.74, 6) is -1.11. The highest BCUT2D eigenvalue weighted by molar-refractivity contribution is 7.10. The molecule has 1 atom stereocenters. The molecule has 90 valence electrons. The Kier molecular flexibility index (Phi) is 3.74. The van der Waals surface area contributed by atoms with E-state index in [0.29, 0.717) is 5.69 Å². The second-order valence-corrected chi connectivity index (χ2v) is 4.72. The van der Waals surface area contributed by atoms with E-state index in [4.69, 9.17) is 0 Å². The van der Waals surface area contributed by atoms with Crippen LogP contribution in [0.15, 0.2) is 35.7 Å². The van der Waals surface area contributed by atoms with Crippen LogP contribution in [0.4, 0.5) is 14.5 Å². The Balaban J connectivity index is 2.19. The predicted octanol–water partition coefficient (Wildman–Crippen LogP) is 4.59. The maximum Gasteiger partial charge on any atom is 0.149 e. The first-order valence-corrected chi connectivity index (χ1v) is 6.33. The van der Waals surface area contributed by atoms with E-state index in [-0.39, 0.29) is 6.04 Å². The second kappa shape index (κ2) is 5.27. The van der Waals surface area contributed by atoms with Crippen molar-refractivity contribution in [2.45, 2.75) is 19.4 Å². The lowest BCUT2D eigenvalue weighted by Crippen LogP contribution is -2.09. The Bertz CT molecular complexity index is 482. The van der Waals surface area contributed by atoms with Crippen molar-refractivity contribution >= 4 is 17.0 Å². The van der Waals surface area contributed by atoms with Gasteiger partial charge in [-0.05, 0) is 30.0 Å². The van der Waals surface area contributed by atoms with E-state index in [1.807, 2.05) is 24.4 Å². The van der Waals surface area contributed by atoms with Crippen LogP contribution >= 0.6 is 11.3 Å². The zero-order valence-corrected chi connectivity index (χ0v) is 10.2. The lowest BCUT2D eigenvalue weighted by atomic mass is 10.1. The summed E-state index contributed by atoms with van der Waals surface area (Å²) in [6, 6.07) is 7.62. The van der Waals surface area contributed by atoms with E-state index in [1.54, 1.807) is 11.3 Å². The number of benzene rings is 1. The Morgan fingerprint density at radius 2 is 2.12 bits per heavy atom. The molecule has 0 bridgehead atoms. The van der Waals surface area contributed by atoms with Gasteiger partial charge in [-0.2, -0.15) is 0 Å². The highest BCUT2D eigenvalue weighted by Crippen LogP contribution is 2.27. The molecule has 1 unspecified atom stereocenters. The summed E-state index contributed by atoms with van der Waals surface area (Å²) in [4.78, 5) is 1.15. The molecule has 1 aromatic heterocycles. The zero-order valence-electron chi connectivity index (χ0n) is 9.41. The van der Waals surface area contributed by atoms with Gasteiger partial charge >= 0.3 is 0 Å². The Morgan fingerprint density at radius 1 is 1.29 bits per heavy atom. The maximum atomic E-state index is 13.5. The maximum absolute atomic E-state index is 13.5. The van der Waals surface area contributed by atoms with Crippen LogP contribution in [0.1, 0.15) is 24.3 Å². The summed E-state index contributed by atoms with van der Waals surface area (Å²) in [6.07, 6.45) is 0.845. The second-order valence-electron chi connectivity index (χ2n) is 3.74. The first-order valence-electron chi connectivity index (χ1n) is 5.45. The molecule has 2 aromatic rings. The van der Waals surface area contributed by atoms with E-state index in [0.717, 1.165) is 17.4 Å². The number of nitrogens with one attached hydrogen (secondary N) is 1. The smallest absolute Gasteiger partial charge is 0.149 e. The third kappa shape index (κ3) is 2.82. The molecule has 0 amide bonds. The SMILES string of the molecule is CCC(Nc1ccc(F)cc1F)c1cccs1. The fourth-order valence-corrected chi connectivity index (χ4v) is 2.52. The summed E-state index contributed by atoms with van der Waals surface area (Å²) in [6.45, 7) is 2.03. The molecule has 0 spiro atoms. The fraction of sp³-hybridized carbons (Fsp3) is 0.231. The molecule has 1 N–H and O–H groups in total. The van der Waals surface area contributed by atoms with Crippen LogP contribution in [0.5, 0.6) is 0 Å². The van der Waals surface area contributed by atoms with Gasteiger partial charge in [-0.1, -0.05) is 13.0 Å². The van der Waals surface area contributed by atoms with Crippen molar-refractivity contribution in [1.82, 2.24) is 0 Å². The molecular weight excluding hydrogens is 240 g/mol. The van der Waals surface area contributed by atoms with Crippen LogP contribution in [0, 0.1) is 11.6 Å². The summed E-state index contributed by atoms with van der Waals surface area (Å²) >= 11 is 1.62. The van der Waals surface area contributed by atoms with E-state index < -0.39 is 11.6 Å². The minimum atomic E-state index is -0.558. The van der Waals surface area contributed by atoms with Gasteiger partial charge in [0.2, 0.25) is 0 Å². The lowest BCUT2D eigenvalue weighted by Gasteiger charge is -2.17. The van der Waals surface area contributed by atoms with Crippen molar-refractivity contribution in [2.24, 2.45) is 0 Å². The van der Waals surface area contributed by atoms with E-state index in [1.165, 1.54) is 12.1 Å². The third-order valence-electron chi connectivity index (χ3n) is 2.56. The Morgan fingerprint density at radius 3 is 2.71 bits per heavy atom. The van der Waals surface area contributed by atoms with Gasteiger partial charge in [0.05, 0.1) is 11.7 Å². The van der Waals surface area contributed by atoms with Gasteiger partial charge in [0.15, 0.2) is 0 Å². The molecule has 1 heterocycles. The molecule has 1 nitrogen and oxygen atoms in total. The molecule has 0 saturated carbocycles. The Labute approximate surface area is 103 Å². The average molecular weight is 253 g/mol. The van der Waals surface area contributed by atoms with Gasteiger partial charge in [-0.3, -0.25) is 0 Å². The van der Waals surface area contributed by atoms with Gasteiger partial charge in [0, 0.05) is 10.9 Å². The van der Waals surface area contributed by atoms with Crippen molar-refractivity contribution in [3.63, 3.8) is 0 Å². The molecule has 0 aliphatic rings. The number of hydrogen-bond donors (Lipinski definition) is 1. The highest BCUT2D eigenvalue weighted by Gasteiger charge is 2.12. The van der Waals surface area contributed by atoms with Crippen molar-refractivity contribution < 1.29 is 8.78 Å². The van der Waals surface area contributed by atoms with Crippen LogP contribution in [0.2, 0.25) is 0 Å². The monoisotopic (exact) mass is 253 g/mol. The normalized spacial score (nSPS) is 12.4. The largest absolute Gasteiger partial charge is 0.375 e. The van der Waals surface area contributed by atoms with Crippen molar-refractivity contribution in [3.8, 4) is 0 Å². The minimum Gasteiger partial charge on any atom is -0.375 e. The van der Waals surface area contributed by atoms with Crippen LogP contribution in [0.3, 0.4) is 0 Å². The van der Waals surface area contributed by atoms with Crippen LogP contribution in [0.25, 0.3) is 0 Å². The molecule has 0 aliphatic carbocycles. The van der Waals surface area contributed by atoms with Crippen molar-refractivity contribution in [1.29, 1.82) is 0 Å². The van der Waals surface area contributed by atoms with Gasteiger partial charge in [-0.15, -0.1) is 11.3 Å². The molecule has 17 heavy (non-hydrogen) atoms. The van der Waals surface area contributed by atoms with E-state index in [9.17, 15) is 8.78 Å². The first-order chi connectivity index (χ1) is 8.20. The van der Waals surface area contributed by atoms with Crippen LogP contribution in [-0.4, -0.2) is 0 Å². The van der Waals surface area contributed by atoms with Crippen molar-refractivity contribution in [3.05, 3.63) is 52.2 Å². The first kappa shape index (κ1) is 12.0. The number of rotatable bonds is 4. The predicted molar refractivity (Wildman–Crippen MR) is 67.3 cm³/mol. The molecule has 0 radical (unpaired) electrons. The lowest BCUT2D eigenvalue weighted by molar-refractivity contribution is 0.582. The van der Waals surface area contributed by atoms with Gasteiger partial charge < -0.3 is 5.32 Å². The summed E-state index contributed by atoms with van der Waals surface area (Å²) in [5.41, 5.74) is 0.339. The number of thiophene rings is 1. The third-order valence-corrected chi connectivity index (χ3v) is 3.54.